The molecule has 0 saturated carbocycles. The van der Waals surface area contributed by atoms with Gasteiger partial charge in [-0.15, -0.1) is 0 Å². The number of aromatic amines is 1. The van der Waals surface area contributed by atoms with Crippen molar-refractivity contribution in [2.45, 2.75) is 12.8 Å². The van der Waals surface area contributed by atoms with E-state index in [2.05, 4.69) is 10.2 Å². The number of rotatable bonds is 4. The van der Waals surface area contributed by atoms with Crippen molar-refractivity contribution in [2.24, 2.45) is 0 Å². The number of carbonyl (C=O) groups is 1. The molecule has 0 aliphatic rings. The van der Waals surface area contributed by atoms with Crippen molar-refractivity contribution in [3.8, 4) is 0 Å². The van der Waals surface area contributed by atoms with Gasteiger partial charge in [0.15, 0.2) is 0 Å². The monoisotopic (exact) mass is 200 g/mol. The van der Waals surface area contributed by atoms with Crippen LogP contribution in [0.2, 0.25) is 0 Å². The van der Waals surface area contributed by atoms with Crippen LogP contribution in [0.1, 0.15) is 11.1 Å². The van der Waals surface area contributed by atoms with Gasteiger partial charge < -0.3 is 0 Å². The fourth-order valence-electron chi connectivity index (χ4n) is 1.49. The summed E-state index contributed by atoms with van der Waals surface area (Å²) in [6.07, 6.45) is 4.38. The van der Waals surface area contributed by atoms with Crippen LogP contribution < -0.4 is 0 Å². The third-order valence-electron chi connectivity index (χ3n) is 2.20. The summed E-state index contributed by atoms with van der Waals surface area (Å²) in [6, 6.07) is 9.77. The normalized spacial score (nSPS) is 10.1. The largest absolute Gasteiger partial charge is 0.299 e. The van der Waals surface area contributed by atoms with Gasteiger partial charge in [0.1, 0.15) is 5.78 Å². The molecule has 3 heteroatoms. The number of carbonyl (C=O) groups excluding carboxylic acids is 1. The number of hydrogen-bond donors (Lipinski definition) is 1. The molecule has 0 saturated heterocycles. The summed E-state index contributed by atoms with van der Waals surface area (Å²) in [6.45, 7) is 0. The van der Waals surface area contributed by atoms with E-state index in [4.69, 9.17) is 0 Å². The predicted molar refractivity (Wildman–Crippen MR) is 57.4 cm³/mol. The lowest BCUT2D eigenvalue weighted by Crippen LogP contribution is -2.05. The Labute approximate surface area is 88.1 Å². The quantitative estimate of drug-likeness (QED) is 0.817. The molecule has 0 aliphatic heterocycles. The molecule has 0 atom stereocenters. The number of ketones is 1. The molecule has 1 aromatic carbocycles. The van der Waals surface area contributed by atoms with E-state index in [0.29, 0.717) is 12.8 Å². The van der Waals surface area contributed by atoms with E-state index in [-0.39, 0.29) is 5.78 Å². The van der Waals surface area contributed by atoms with Gasteiger partial charge in [0.25, 0.3) is 0 Å². The molecule has 0 amide bonds. The summed E-state index contributed by atoms with van der Waals surface area (Å²) in [7, 11) is 0. The fraction of sp³-hybridized carbons (Fsp3) is 0.167. The average molecular weight is 200 g/mol. The van der Waals surface area contributed by atoms with Crippen molar-refractivity contribution in [3.05, 3.63) is 53.9 Å². The second kappa shape index (κ2) is 4.55. The van der Waals surface area contributed by atoms with Crippen molar-refractivity contribution in [1.29, 1.82) is 0 Å². The molecule has 2 aromatic rings. The van der Waals surface area contributed by atoms with Crippen LogP contribution in [-0.4, -0.2) is 16.0 Å². The predicted octanol–water partition coefficient (Wildman–Crippen LogP) is 1.76. The zero-order chi connectivity index (χ0) is 10.5. The summed E-state index contributed by atoms with van der Waals surface area (Å²) in [4.78, 5) is 11.6. The van der Waals surface area contributed by atoms with Crippen LogP contribution >= 0.6 is 0 Å². The van der Waals surface area contributed by atoms with Crippen molar-refractivity contribution >= 4 is 5.78 Å². The first-order valence-electron chi connectivity index (χ1n) is 4.88. The zero-order valence-corrected chi connectivity index (χ0v) is 8.31. The summed E-state index contributed by atoms with van der Waals surface area (Å²) < 4.78 is 0. The molecule has 0 aliphatic carbocycles. The molecule has 0 spiro atoms. The van der Waals surface area contributed by atoms with Crippen molar-refractivity contribution < 1.29 is 4.79 Å². The maximum atomic E-state index is 11.6. The first-order chi connectivity index (χ1) is 7.34. The van der Waals surface area contributed by atoms with Crippen molar-refractivity contribution in [2.75, 3.05) is 0 Å². The Morgan fingerprint density at radius 3 is 2.53 bits per heavy atom. The number of benzene rings is 1. The molecule has 1 aromatic heterocycles. The minimum Gasteiger partial charge on any atom is -0.299 e. The molecule has 0 fully saturated rings. The molecule has 15 heavy (non-hydrogen) atoms. The van der Waals surface area contributed by atoms with Gasteiger partial charge in [-0.1, -0.05) is 30.3 Å². The Balaban J connectivity index is 1.94. The van der Waals surface area contributed by atoms with Gasteiger partial charge in [0, 0.05) is 19.0 Å². The highest BCUT2D eigenvalue weighted by atomic mass is 16.1. The molecule has 76 valence electrons. The number of hydrogen-bond acceptors (Lipinski definition) is 2. The molecule has 1 N–H and O–H groups in total. The van der Waals surface area contributed by atoms with Crippen LogP contribution in [0.25, 0.3) is 0 Å². The molecular weight excluding hydrogens is 188 g/mol. The lowest BCUT2D eigenvalue weighted by atomic mass is 10.1. The molecule has 2 rings (SSSR count). The summed E-state index contributed by atoms with van der Waals surface area (Å²) in [5.41, 5.74) is 2.00. The van der Waals surface area contributed by atoms with Crippen LogP contribution in [0, 0.1) is 0 Å². The second-order valence-corrected chi connectivity index (χ2v) is 3.48. The van der Waals surface area contributed by atoms with Crippen LogP contribution in [-0.2, 0) is 17.6 Å². The van der Waals surface area contributed by atoms with E-state index in [1.807, 2.05) is 30.3 Å². The molecule has 3 nitrogen and oxygen atoms in total. The van der Waals surface area contributed by atoms with Crippen molar-refractivity contribution in [1.82, 2.24) is 10.2 Å². The van der Waals surface area contributed by atoms with E-state index >= 15 is 0 Å². The van der Waals surface area contributed by atoms with Gasteiger partial charge in [-0.2, -0.15) is 5.10 Å². The SMILES string of the molecule is O=C(Cc1ccccc1)Cc1cn[nH]c1. The minimum absolute atomic E-state index is 0.211. The summed E-state index contributed by atoms with van der Waals surface area (Å²) in [5, 5.41) is 6.50. The number of nitrogens with zero attached hydrogens (tertiary/aromatic N) is 1. The van der Waals surface area contributed by atoms with Gasteiger partial charge in [0.2, 0.25) is 0 Å². The Hall–Kier alpha value is -1.90. The third-order valence-corrected chi connectivity index (χ3v) is 2.20. The van der Waals surface area contributed by atoms with E-state index in [1.54, 1.807) is 12.4 Å². The van der Waals surface area contributed by atoms with Gasteiger partial charge in [-0.3, -0.25) is 9.89 Å². The first kappa shape index (κ1) is 9.65. The standard InChI is InChI=1S/C12H12N2O/c15-12(7-11-8-13-14-9-11)6-10-4-2-1-3-5-10/h1-5,8-9H,6-7H2,(H,13,14). The maximum Gasteiger partial charge on any atom is 0.141 e. The summed E-state index contributed by atoms with van der Waals surface area (Å²) >= 11 is 0. The molecule has 0 unspecified atom stereocenters. The number of nitrogens with one attached hydrogen (secondary N) is 1. The first-order valence-corrected chi connectivity index (χ1v) is 4.88. The smallest absolute Gasteiger partial charge is 0.141 e. The van der Waals surface area contributed by atoms with Gasteiger partial charge in [0.05, 0.1) is 6.20 Å². The van der Waals surface area contributed by atoms with Crippen LogP contribution in [0.3, 0.4) is 0 Å². The Morgan fingerprint density at radius 2 is 1.87 bits per heavy atom. The number of H-pyrrole nitrogens is 1. The Bertz CT molecular complexity index is 420. The van der Waals surface area contributed by atoms with Gasteiger partial charge in [-0.25, -0.2) is 0 Å². The Kier molecular flexibility index (Phi) is 2.93. The molecule has 1 heterocycles. The van der Waals surface area contributed by atoms with Crippen LogP contribution in [0.5, 0.6) is 0 Å². The lowest BCUT2D eigenvalue weighted by Gasteiger charge is -1.98. The minimum atomic E-state index is 0.211. The summed E-state index contributed by atoms with van der Waals surface area (Å²) in [5.74, 6) is 0.211. The molecule has 0 radical (unpaired) electrons. The van der Waals surface area contributed by atoms with E-state index in [0.717, 1.165) is 11.1 Å². The van der Waals surface area contributed by atoms with Gasteiger partial charge in [-0.05, 0) is 11.1 Å². The lowest BCUT2D eigenvalue weighted by molar-refractivity contribution is -0.117. The van der Waals surface area contributed by atoms with Crippen LogP contribution in [0.15, 0.2) is 42.7 Å². The van der Waals surface area contributed by atoms with E-state index in [1.165, 1.54) is 0 Å². The number of aromatic nitrogens is 2. The highest BCUT2D eigenvalue weighted by Gasteiger charge is 2.05. The highest BCUT2D eigenvalue weighted by Crippen LogP contribution is 2.03. The van der Waals surface area contributed by atoms with E-state index in [9.17, 15) is 4.79 Å². The van der Waals surface area contributed by atoms with Gasteiger partial charge >= 0.3 is 0 Å². The van der Waals surface area contributed by atoms with Crippen LogP contribution in [0.4, 0.5) is 0 Å². The Morgan fingerprint density at radius 1 is 1.13 bits per heavy atom. The molecular formula is C12H12N2O. The topological polar surface area (TPSA) is 45.8 Å². The molecule has 0 bridgehead atoms. The fourth-order valence-corrected chi connectivity index (χ4v) is 1.49. The van der Waals surface area contributed by atoms with Crippen molar-refractivity contribution in [3.63, 3.8) is 0 Å². The second-order valence-electron chi connectivity index (χ2n) is 3.48. The van der Waals surface area contributed by atoms with E-state index < -0.39 is 0 Å². The maximum absolute atomic E-state index is 11.6. The highest BCUT2D eigenvalue weighted by molar-refractivity contribution is 5.82. The number of Topliss-reactive ketones (excluding diaryl/α,β-unsaturated/α-hetero) is 1. The zero-order valence-electron chi connectivity index (χ0n) is 8.31. The third kappa shape index (κ3) is 2.77. The average Bonchev–Trinajstić information content (AvgIpc) is 2.71.